The zero-order valence-electron chi connectivity index (χ0n) is 11.4. The number of nitrogens with one attached hydrogen (secondary N) is 2. The predicted molar refractivity (Wildman–Crippen MR) is 74.6 cm³/mol. The average Bonchev–Trinajstić information content (AvgIpc) is 2.42. The minimum atomic E-state index is -0.0692. The maximum Gasteiger partial charge on any atom is 0.251 e. The molecule has 1 amide bonds. The van der Waals surface area contributed by atoms with Gasteiger partial charge in [-0.25, -0.2) is 10.8 Å². The molecule has 0 radical (unpaired) electrons. The molecule has 0 bridgehead atoms. The number of hydrogen-bond acceptors (Lipinski definition) is 5. The Morgan fingerprint density at radius 3 is 3.05 bits per heavy atom. The van der Waals surface area contributed by atoms with Gasteiger partial charge >= 0.3 is 0 Å². The van der Waals surface area contributed by atoms with E-state index >= 15 is 0 Å². The Labute approximate surface area is 113 Å². The second kappa shape index (κ2) is 5.99. The van der Waals surface area contributed by atoms with E-state index < -0.39 is 0 Å². The summed E-state index contributed by atoms with van der Waals surface area (Å²) < 4.78 is 0. The molecule has 1 aliphatic heterocycles. The van der Waals surface area contributed by atoms with Crippen molar-refractivity contribution in [3.05, 3.63) is 23.9 Å². The van der Waals surface area contributed by atoms with E-state index in [1.165, 1.54) is 0 Å². The number of likely N-dealkylation sites (tertiary alicyclic amines) is 1. The van der Waals surface area contributed by atoms with Crippen molar-refractivity contribution >= 4 is 11.7 Å². The molecule has 2 rings (SSSR count). The number of nitrogen functional groups attached to an aromatic ring is 1. The highest BCUT2D eigenvalue weighted by Crippen LogP contribution is 2.16. The van der Waals surface area contributed by atoms with Crippen LogP contribution in [0.4, 0.5) is 5.82 Å². The van der Waals surface area contributed by atoms with Crippen molar-refractivity contribution < 1.29 is 4.79 Å². The Kier molecular flexibility index (Phi) is 4.34. The Balaban J connectivity index is 2.00. The number of amides is 1. The summed E-state index contributed by atoms with van der Waals surface area (Å²) in [5.41, 5.74) is 3.02. The van der Waals surface area contributed by atoms with Crippen LogP contribution in [0.25, 0.3) is 0 Å². The Bertz CT molecular complexity index is 450. The van der Waals surface area contributed by atoms with Crippen LogP contribution < -0.4 is 16.6 Å². The second-order valence-electron chi connectivity index (χ2n) is 5.18. The van der Waals surface area contributed by atoms with E-state index in [9.17, 15) is 4.79 Å². The third-order valence-corrected chi connectivity index (χ3v) is 3.59. The predicted octanol–water partition coefficient (Wildman–Crippen LogP) is 0.437. The smallest absolute Gasteiger partial charge is 0.251 e. The van der Waals surface area contributed by atoms with Crippen LogP contribution in [0.3, 0.4) is 0 Å². The standard InChI is InChI=1S/C13H21N5O/c1-9-8-18(2)6-4-11(9)16-13(19)10-3-5-15-12(7-10)17-14/h3,5,7,9,11H,4,6,8,14H2,1-2H3,(H,15,17)(H,16,19). The van der Waals surface area contributed by atoms with Crippen molar-refractivity contribution in [2.24, 2.45) is 11.8 Å². The summed E-state index contributed by atoms with van der Waals surface area (Å²) in [7, 11) is 2.11. The first-order chi connectivity index (χ1) is 9.10. The van der Waals surface area contributed by atoms with Crippen LogP contribution >= 0.6 is 0 Å². The minimum Gasteiger partial charge on any atom is -0.349 e. The zero-order chi connectivity index (χ0) is 13.8. The SMILES string of the molecule is CC1CN(C)CCC1NC(=O)c1ccnc(NN)c1. The van der Waals surface area contributed by atoms with Crippen molar-refractivity contribution in [3.8, 4) is 0 Å². The number of nitrogens with two attached hydrogens (primary N) is 1. The molecule has 1 saturated heterocycles. The molecular formula is C13H21N5O. The lowest BCUT2D eigenvalue weighted by Crippen LogP contribution is -2.48. The normalized spacial score (nSPS) is 23.9. The third kappa shape index (κ3) is 3.42. The number of carbonyl (C=O) groups is 1. The van der Waals surface area contributed by atoms with Gasteiger partial charge in [-0.3, -0.25) is 4.79 Å². The highest BCUT2D eigenvalue weighted by Gasteiger charge is 2.25. The topological polar surface area (TPSA) is 83.3 Å². The van der Waals surface area contributed by atoms with E-state index in [0.29, 0.717) is 17.3 Å². The van der Waals surface area contributed by atoms with Gasteiger partial charge in [-0.1, -0.05) is 6.92 Å². The van der Waals surface area contributed by atoms with Crippen molar-refractivity contribution in [2.75, 3.05) is 25.6 Å². The van der Waals surface area contributed by atoms with Crippen LogP contribution in [0.15, 0.2) is 18.3 Å². The van der Waals surface area contributed by atoms with Crippen molar-refractivity contribution in [2.45, 2.75) is 19.4 Å². The number of anilines is 1. The van der Waals surface area contributed by atoms with Gasteiger partial charge in [-0.05, 0) is 38.1 Å². The summed E-state index contributed by atoms with van der Waals surface area (Å²) >= 11 is 0. The van der Waals surface area contributed by atoms with Crippen LogP contribution in [0, 0.1) is 5.92 Å². The molecule has 104 valence electrons. The Hall–Kier alpha value is -1.66. The lowest BCUT2D eigenvalue weighted by molar-refractivity contribution is 0.0884. The molecule has 0 saturated carbocycles. The number of hydrazine groups is 1. The van der Waals surface area contributed by atoms with Gasteiger partial charge < -0.3 is 15.6 Å². The molecule has 2 heterocycles. The summed E-state index contributed by atoms with van der Waals surface area (Å²) in [4.78, 5) is 18.5. The number of aromatic nitrogens is 1. The number of pyridine rings is 1. The fourth-order valence-corrected chi connectivity index (χ4v) is 2.47. The maximum atomic E-state index is 12.2. The molecular weight excluding hydrogens is 242 g/mol. The van der Waals surface area contributed by atoms with Crippen LogP contribution in [0.5, 0.6) is 0 Å². The van der Waals surface area contributed by atoms with Gasteiger partial charge in [0.25, 0.3) is 5.91 Å². The van der Waals surface area contributed by atoms with E-state index in [1.807, 2.05) is 0 Å². The highest BCUT2D eigenvalue weighted by molar-refractivity contribution is 5.95. The minimum absolute atomic E-state index is 0.0692. The zero-order valence-corrected chi connectivity index (χ0v) is 11.4. The van der Waals surface area contributed by atoms with Crippen molar-refractivity contribution in [1.29, 1.82) is 0 Å². The van der Waals surface area contributed by atoms with Crippen LogP contribution in [-0.4, -0.2) is 42.0 Å². The highest BCUT2D eigenvalue weighted by atomic mass is 16.1. The van der Waals surface area contributed by atoms with Gasteiger partial charge in [-0.15, -0.1) is 0 Å². The van der Waals surface area contributed by atoms with Crippen molar-refractivity contribution in [1.82, 2.24) is 15.2 Å². The molecule has 1 aromatic rings. The van der Waals surface area contributed by atoms with Gasteiger partial charge in [0.2, 0.25) is 0 Å². The molecule has 0 aromatic carbocycles. The Morgan fingerprint density at radius 1 is 1.58 bits per heavy atom. The van der Waals surface area contributed by atoms with Crippen molar-refractivity contribution in [3.63, 3.8) is 0 Å². The molecule has 0 aliphatic carbocycles. The van der Waals surface area contributed by atoms with Gasteiger partial charge in [0.05, 0.1) is 0 Å². The first-order valence-corrected chi connectivity index (χ1v) is 6.52. The quantitative estimate of drug-likeness (QED) is 0.544. The average molecular weight is 263 g/mol. The summed E-state index contributed by atoms with van der Waals surface area (Å²) in [6.07, 6.45) is 2.55. The van der Waals surface area contributed by atoms with Crippen LogP contribution in [-0.2, 0) is 0 Å². The third-order valence-electron chi connectivity index (χ3n) is 3.59. The number of piperidine rings is 1. The number of rotatable bonds is 3. The molecule has 1 aliphatic rings. The number of nitrogens with zero attached hydrogens (tertiary/aromatic N) is 2. The van der Waals surface area contributed by atoms with Gasteiger partial charge in [0, 0.05) is 24.3 Å². The van der Waals surface area contributed by atoms with E-state index in [1.54, 1.807) is 18.3 Å². The van der Waals surface area contributed by atoms with Gasteiger partial charge in [0.1, 0.15) is 5.82 Å². The summed E-state index contributed by atoms with van der Waals surface area (Å²) in [5.74, 6) is 6.17. The number of carbonyl (C=O) groups excluding carboxylic acids is 1. The van der Waals surface area contributed by atoms with Gasteiger partial charge in [-0.2, -0.15) is 0 Å². The molecule has 2 unspecified atom stereocenters. The molecule has 0 spiro atoms. The van der Waals surface area contributed by atoms with E-state index in [2.05, 4.69) is 34.6 Å². The lowest BCUT2D eigenvalue weighted by atomic mass is 9.94. The maximum absolute atomic E-state index is 12.2. The lowest BCUT2D eigenvalue weighted by Gasteiger charge is -2.35. The summed E-state index contributed by atoms with van der Waals surface area (Å²) in [5, 5.41) is 3.09. The van der Waals surface area contributed by atoms with Crippen LogP contribution in [0.1, 0.15) is 23.7 Å². The van der Waals surface area contributed by atoms with Gasteiger partial charge in [0.15, 0.2) is 0 Å². The molecule has 6 nitrogen and oxygen atoms in total. The van der Waals surface area contributed by atoms with E-state index in [4.69, 9.17) is 5.84 Å². The first-order valence-electron chi connectivity index (χ1n) is 6.52. The summed E-state index contributed by atoms with van der Waals surface area (Å²) in [6.45, 7) is 4.19. The summed E-state index contributed by atoms with van der Waals surface area (Å²) in [6, 6.07) is 3.57. The largest absolute Gasteiger partial charge is 0.349 e. The van der Waals surface area contributed by atoms with Crippen LogP contribution in [0.2, 0.25) is 0 Å². The molecule has 6 heteroatoms. The monoisotopic (exact) mass is 263 g/mol. The molecule has 19 heavy (non-hydrogen) atoms. The molecule has 1 fully saturated rings. The molecule has 4 N–H and O–H groups in total. The fourth-order valence-electron chi connectivity index (χ4n) is 2.47. The Morgan fingerprint density at radius 2 is 2.37 bits per heavy atom. The van der Waals surface area contributed by atoms with E-state index in [0.717, 1.165) is 19.5 Å². The first kappa shape index (κ1) is 13.8. The number of hydrogen-bond donors (Lipinski definition) is 3. The molecule has 1 aromatic heterocycles. The second-order valence-corrected chi connectivity index (χ2v) is 5.18. The van der Waals surface area contributed by atoms with E-state index in [-0.39, 0.29) is 11.9 Å². The molecule has 2 atom stereocenters. The fraction of sp³-hybridized carbons (Fsp3) is 0.538.